The van der Waals surface area contributed by atoms with Gasteiger partial charge in [0.05, 0.1) is 11.0 Å². The lowest BCUT2D eigenvalue weighted by Gasteiger charge is -2.18. The standard InChI is InChI=1S/C12H14BrNO4/c1-12(2,11(16)17)6-18-10(15)7-3-4-8(13)9(14)5-7/h3-5H,6,14H2,1-2H3,(H,16,17). The number of nitrogens with two attached hydrogens (primary N) is 1. The molecule has 0 bridgehead atoms. The van der Waals surface area contributed by atoms with E-state index in [2.05, 4.69) is 15.9 Å². The number of carbonyl (C=O) groups is 2. The van der Waals surface area contributed by atoms with E-state index in [0.29, 0.717) is 10.2 Å². The fourth-order valence-electron chi connectivity index (χ4n) is 1.06. The van der Waals surface area contributed by atoms with E-state index in [9.17, 15) is 9.59 Å². The first-order chi connectivity index (χ1) is 8.24. The van der Waals surface area contributed by atoms with Gasteiger partial charge in [-0.1, -0.05) is 0 Å². The SMILES string of the molecule is CC(C)(COC(=O)c1ccc(Br)c(N)c1)C(=O)O. The quantitative estimate of drug-likeness (QED) is 0.657. The minimum absolute atomic E-state index is 0.197. The molecular weight excluding hydrogens is 302 g/mol. The van der Waals surface area contributed by atoms with E-state index in [0.717, 1.165) is 0 Å². The number of rotatable bonds is 4. The Bertz CT molecular complexity index is 485. The summed E-state index contributed by atoms with van der Waals surface area (Å²) in [7, 11) is 0. The summed E-state index contributed by atoms with van der Waals surface area (Å²) in [6, 6.07) is 4.66. The number of aliphatic carboxylic acids is 1. The average Bonchev–Trinajstić information content (AvgIpc) is 2.29. The van der Waals surface area contributed by atoms with Crippen molar-refractivity contribution in [1.29, 1.82) is 0 Å². The van der Waals surface area contributed by atoms with Gasteiger partial charge in [0.1, 0.15) is 6.61 Å². The van der Waals surface area contributed by atoms with Crippen molar-refractivity contribution in [3.05, 3.63) is 28.2 Å². The second-order valence-corrected chi connectivity index (χ2v) is 5.36. The van der Waals surface area contributed by atoms with Crippen LogP contribution in [-0.4, -0.2) is 23.7 Å². The van der Waals surface area contributed by atoms with Crippen molar-refractivity contribution < 1.29 is 19.4 Å². The molecule has 6 heteroatoms. The zero-order chi connectivity index (χ0) is 13.9. The topological polar surface area (TPSA) is 89.6 Å². The maximum atomic E-state index is 11.7. The number of ether oxygens (including phenoxy) is 1. The lowest BCUT2D eigenvalue weighted by atomic mass is 9.95. The van der Waals surface area contributed by atoms with E-state index >= 15 is 0 Å². The third-order valence-corrected chi connectivity index (χ3v) is 3.10. The smallest absolute Gasteiger partial charge is 0.338 e. The molecular formula is C12H14BrNO4. The predicted octanol–water partition coefficient (Wildman–Crippen LogP) is 2.30. The largest absolute Gasteiger partial charge is 0.481 e. The van der Waals surface area contributed by atoms with Crippen molar-refractivity contribution in [2.75, 3.05) is 12.3 Å². The highest BCUT2D eigenvalue weighted by molar-refractivity contribution is 9.10. The second kappa shape index (κ2) is 5.39. The predicted molar refractivity (Wildman–Crippen MR) is 70.3 cm³/mol. The van der Waals surface area contributed by atoms with Gasteiger partial charge in [-0.3, -0.25) is 4.79 Å². The van der Waals surface area contributed by atoms with Gasteiger partial charge < -0.3 is 15.6 Å². The average molecular weight is 316 g/mol. The van der Waals surface area contributed by atoms with Gasteiger partial charge in [-0.05, 0) is 48.0 Å². The Morgan fingerprint density at radius 2 is 2.06 bits per heavy atom. The Labute approximate surface area is 113 Å². The van der Waals surface area contributed by atoms with E-state index in [4.69, 9.17) is 15.6 Å². The molecule has 0 saturated heterocycles. The third kappa shape index (κ3) is 3.46. The van der Waals surface area contributed by atoms with Crippen LogP contribution in [0.25, 0.3) is 0 Å². The number of hydrogen-bond donors (Lipinski definition) is 2. The van der Waals surface area contributed by atoms with Crippen molar-refractivity contribution in [2.24, 2.45) is 5.41 Å². The van der Waals surface area contributed by atoms with E-state index in [1.807, 2.05) is 0 Å². The van der Waals surface area contributed by atoms with Gasteiger partial charge in [0.2, 0.25) is 0 Å². The maximum absolute atomic E-state index is 11.7. The van der Waals surface area contributed by atoms with Crippen LogP contribution in [0, 0.1) is 5.41 Å². The molecule has 0 amide bonds. The van der Waals surface area contributed by atoms with Gasteiger partial charge >= 0.3 is 11.9 Å². The molecule has 18 heavy (non-hydrogen) atoms. The normalized spacial score (nSPS) is 11.1. The first kappa shape index (κ1) is 14.5. The van der Waals surface area contributed by atoms with Crippen LogP contribution in [0.3, 0.4) is 0 Å². The monoisotopic (exact) mass is 315 g/mol. The Hall–Kier alpha value is -1.56. The highest BCUT2D eigenvalue weighted by atomic mass is 79.9. The molecule has 1 aromatic carbocycles. The van der Waals surface area contributed by atoms with Gasteiger partial charge in [-0.25, -0.2) is 4.79 Å². The van der Waals surface area contributed by atoms with Crippen LogP contribution in [0.1, 0.15) is 24.2 Å². The van der Waals surface area contributed by atoms with Crippen LogP contribution in [0.5, 0.6) is 0 Å². The van der Waals surface area contributed by atoms with Gasteiger partial charge in [0, 0.05) is 10.2 Å². The first-order valence-electron chi connectivity index (χ1n) is 5.19. The van der Waals surface area contributed by atoms with Crippen molar-refractivity contribution in [2.45, 2.75) is 13.8 Å². The summed E-state index contributed by atoms with van der Waals surface area (Å²) in [4.78, 5) is 22.5. The number of carboxylic acid groups (broad SMARTS) is 1. The molecule has 1 rings (SSSR count). The summed E-state index contributed by atoms with van der Waals surface area (Å²) in [5, 5.41) is 8.89. The van der Waals surface area contributed by atoms with Gasteiger partial charge in [-0.15, -0.1) is 0 Å². The number of hydrogen-bond acceptors (Lipinski definition) is 4. The summed E-state index contributed by atoms with van der Waals surface area (Å²) in [6.07, 6.45) is 0. The summed E-state index contributed by atoms with van der Waals surface area (Å²) in [5.74, 6) is -1.62. The molecule has 0 saturated carbocycles. The fourth-order valence-corrected chi connectivity index (χ4v) is 1.31. The molecule has 98 valence electrons. The van der Waals surface area contributed by atoms with E-state index in [-0.39, 0.29) is 12.2 Å². The number of anilines is 1. The number of carboxylic acids is 1. The molecule has 3 N–H and O–H groups in total. The summed E-state index contributed by atoms with van der Waals surface area (Å²) in [5.41, 5.74) is 5.23. The zero-order valence-electron chi connectivity index (χ0n) is 10.1. The molecule has 0 aliphatic heterocycles. The molecule has 0 aliphatic carbocycles. The number of esters is 1. The third-order valence-electron chi connectivity index (χ3n) is 2.37. The van der Waals surface area contributed by atoms with E-state index in [1.165, 1.54) is 19.9 Å². The van der Waals surface area contributed by atoms with Crippen LogP contribution < -0.4 is 5.73 Å². The lowest BCUT2D eigenvalue weighted by Crippen LogP contribution is -2.30. The summed E-state index contributed by atoms with van der Waals surface area (Å²) >= 11 is 3.21. The summed E-state index contributed by atoms with van der Waals surface area (Å²) < 4.78 is 5.64. The Morgan fingerprint density at radius 3 is 2.56 bits per heavy atom. The molecule has 0 heterocycles. The van der Waals surface area contributed by atoms with E-state index < -0.39 is 17.4 Å². The van der Waals surface area contributed by atoms with Gasteiger partial charge in [-0.2, -0.15) is 0 Å². The van der Waals surface area contributed by atoms with Crippen molar-refractivity contribution in [3.8, 4) is 0 Å². The molecule has 1 aromatic rings. The Kier molecular flexibility index (Phi) is 4.34. The number of carbonyl (C=O) groups excluding carboxylic acids is 1. The molecule has 0 aliphatic rings. The van der Waals surface area contributed by atoms with E-state index in [1.54, 1.807) is 12.1 Å². The molecule has 0 aromatic heterocycles. The number of benzene rings is 1. The molecule has 0 spiro atoms. The number of nitrogen functional groups attached to an aromatic ring is 1. The maximum Gasteiger partial charge on any atom is 0.338 e. The highest BCUT2D eigenvalue weighted by Gasteiger charge is 2.29. The minimum atomic E-state index is -1.11. The Balaban J connectivity index is 2.72. The second-order valence-electron chi connectivity index (χ2n) is 4.50. The van der Waals surface area contributed by atoms with Gasteiger partial charge in [0.15, 0.2) is 0 Å². The Morgan fingerprint density at radius 1 is 1.44 bits per heavy atom. The zero-order valence-corrected chi connectivity index (χ0v) is 11.7. The van der Waals surface area contributed by atoms with Crippen molar-refractivity contribution in [1.82, 2.24) is 0 Å². The molecule has 0 atom stereocenters. The molecule has 5 nitrogen and oxygen atoms in total. The molecule has 0 unspecified atom stereocenters. The minimum Gasteiger partial charge on any atom is -0.481 e. The van der Waals surface area contributed by atoms with Crippen LogP contribution in [0.2, 0.25) is 0 Å². The van der Waals surface area contributed by atoms with Crippen LogP contribution in [0.15, 0.2) is 22.7 Å². The first-order valence-corrected chi connectivity index (χ1v) is 5.99. The lowest BCUT2D eigenvalue weighted by molar-refractivity contribution is -0.149. The van der Waals surface area contributed by atoms with Crippen LogP contribution in [0.4, 0.5) is 5.69 Å². The van der Waals surface area contributed by atoms with Crippen LogP contribution in [-0.2, 0) is 9.53 Å². The van der Waals surface area contributed by atoms with Gasteiger partial charge in [0.25, 0.3) is 0 Å². The fraction of sp³-hybridized carbons (Fsp3) is 0.333. The highest BCUT2D eigenvalue weighted by Crippen LogP contribution is 2.21. The summed E-state index contributed by atoms with van der Waals surface area (Å²) in [6.45, 7) is 2.77. The van der Waals surface area contributed by atoms with Crippen molar-refractivity contribution >= 4 is 33.6 Å². The van der Waals surface area contributed by atoms with Crippen LogP contribution >= 0.6 is 15.9 Å². The van der Waals surface area contributed by atoms with Crippen molar-refractivity contribution in [3.63, 3.8) is 0 Å². The molecule has 0 radical (unpaired) electrons. The number of halogens is 1. The molecule has 0 fully saturated rings.